The van der Waals surface area contributed by atoms with E-state index in [4.69, 9.17) is 9.84 Å². The monoisotopic (exact) mass is 521 g/mol. The summed E-state index contributed by atoms with van der Waals surface area (Å²) in [5, 5.41) is 7.49. The molecule has 4 aromatic rings. The number of rotatable bonds is 6. The van der Waals surface area contributed by atoms with E-state index in [1.54, 1.807) is 16.2 Å². The average molecular weight is 522 g/mol. The molecule has 1 aliphatic rings. The van der Waals surface area contributed by atoms with Crippen molar-refractivity contribution in [2.24, 2.45) is 0 Å². The molecule has 1 N–H and O–H groups in total. The Bertz CT molecular complexity index is 1370. The number of nitrogens with zero attached hydrogens (tertiary/aromatic N) is 4. The van der Waals surface area contributed by atoms with Gasteiger partial charge in [-0.3, -0.25) is 4.79 Å². The molecule has 1 aliphatic heterocycles. The molecular weight excluding hydrogens is 494 g/mol. The standard InChI is InChI=1S/C26H27N5O3S2/c1-26(2,3)34-25(33)27-12-20(17-7-5-4-6-8-17)24(32)30-13-18-14-31(29-22(18)15-30)36-19-9-10-21-23(11-19)35-16-28-21/h4-11,14,16,20H,12-13,15H2,1-3H3,(H,27,33). The second kappa shape index (κ2) is 9.94. The molecule has 0 bridgehead atoms. The summed E-state index contributed by atoms with van der Waals surface area (Å²) in [6, 6.07) is 15.7. The maximum atomic E-state index is 13.6. The first-order chi connectivity index (χ1) is 17.2. The molecule has 2 aromatic heterocycles. The summed E-state index contributed by atoms with van der Waals surface area (Å²) < 4.78 is 8.35. The van der Waals surface area contributed by atoms with Crippen LogP contribution < -0.4 is 5.32 Å². The molecule has 0 aliphatic carbocycles. The second-order valence-electron chi connectivity index (χ2n) is 9.62. The maximum Gasteiger partial charge on any atom is 0.407 e. The van der Waals surface area contributed by atoms with Crippen LogP contribution in [-0.2, 0) is 22.6 Å². The number of fused-ring (bicyclic) bond motifs is 2. The molecule has 0 saturated heterocycles. The van der Waals surface area contributed by atoms with E-state index in [-0.39, 0.29) is 12.5 Å². The minimum absolute atomic E-state index is 0.0508. The zero-order valence-corrected chi connectivity index (χ0v) is 21.9. The van der Waals surface area contributed by atoms with E-state index in [1.807, 2.05) is 79.0 Å². The smallest absolute Gasteiger partial charge is 0.407 e. The van der Waals surface area contributed by atoms with Crippen molar-refractivity contribution in [3.63, 3.8) is 0 Å². The van der Waals surface area contributed by atoms with Gasteiger partial charge < -0.3 is 15.0 Å². The Morgan fingerprint density at radius 1 is 1.17 bits per heavy atom. The number of aromatic nitrogens is 3. The van der Waals surface area contributed by atoms with Gasteiger partial charge in [0.05, 0.1) is 33.9 Å². The largest absolute Gasteiger partial charge is 0.444 e. The number of thiazole rings is 1. The summed E-state index contributed by atoms with van der Waals surface area (Å²) in [7, 11) is 0. The van der Waals surface area contributed by atoms with Crippen molar-refractivity contribution < 1.29 is 14.3 Å². The molecular formula is C26H27N5O3S2. The van der Waals surface area contributed by atoms with Crippen molar-refractivity contribution in [3.8, 4) is 0 Å². The number of hydrogen-bond donors (Lipinski definition) is 1. The van der Waals surface area contributed by atoms with Crippen LogP contribution in [-0.4, -0.2) is 43.2 Å². The first kappa shape index (κ1) is 24.3. The summed E-state index contributed by atoms with van der Waals surface area (Å²) >= 11 is 3.15. The van der Waals surface area contributed by atoms with Crippen LogP contribution >= 0.6 is 23.3 Å². The predicted molar refractivity (Wildman–Crippen MR) is 141 cm³/mol. The van der Waals surface area contributed by atoms with E-state index in [1.165, 1.54) is 11.9 Å². The van der Waals surface area contributed by atoms with Gasteiger partial charge in [-0.05, 0) is 44.5 Å². The lowest BCUT2D eigenvalue weighted by Crippen LogP contribution is -2.40. The summed E-state index contributed by atoms with van der Waals surface area (Å²) in [5.74, 6) is -0.569. The lowest BCUT2D eigenvalue weighted by molar-refractivity contribution is -0.133. The van der Waals surface area contributed by atoms with Gasteiger partial charge in [-0.15, -0.1) is 11.3 Å². The van der Waals surface area contributed by atoms with E-state index in [9.17, 15) is 9.59 Å². The van der Waals surface area contributed by atoms with Crippen LogP contribution in [0.2, 0.25) is 0 Å². The number of benzene rings is 2. The number of carbonyl (C=O) groups is 2. The third-order valence-corrected chi connectivity index (χ3v) is 7.35. The van der Waals surface area contributed by atoms with E-state index in [2.05, 4.69) is 16.4 Å². The molecule has 36 heavy (non-hydrogen) atoms. The highest BCUT2D eigenvalue weighted by Gasteiger charge is 2.32. The lowest BCUT2D eigenvalue weighted by atomic mass is 9.97. The summed E-state index contributed by atoms with van der Waals surface area (Å²) in [4.78, 5) is 33.0. The number of alkyl carbamates (subject to hydrolysis) is 1. The molecule has 186 valence electrons. The topological polar surface area (TPSA) is 89.4 Å². The van der Waals surface area contributed by atoms with Gasteiger partial charge in [0, 0.05) is 41.7 Å². The number of amides is 2. The maximum absolute atomic E-state index is 13.6. The van der Waals surface area contributed by atoms with Crippen LogP contribution in [0.25, 0.3) is 10.2 Å². The van der Waals surface area contributed by atoms with Gasteiger partial charge in [0.1, 0.15) is 5.60 Å². The Morgan fingerprint density at radius 2 is 1.97 bits per heavy atom. The van der Waals surface area contributed by atoms with Crippen molar-refractivity contribution in [2.75, 3.05) is 6.54 Å². The van der Waals surface area contributed by atoms with Crippen LogP contribution in [0.1, 0.15) is 43.5 Å². The fraction of sp³-hybridized carbons (Fsp3) is 0.308. The Kier molecular flexibility index (Phi) is 6.72. The van der Waals surface area contributed by atoms with Gasteiger partial charge in [-0.25, -0.2) is 13.9 Å². The first-order valence-electron chi connectivity index (χ1n) is 11.6. The zero-order chi connectivity index (χ0) is 25.3. The minimum Gasteiger partial charge on any atom is -0.444 e. The zero-order valence-electron chi connectivity index (χ0n) is 20.3. The van der Waals surface area contributed by atoms with E-state index in [0.717, 1.165) is 31.9 Å². The van der Waals surface area contributed by atoms with Gasteiger partial charge in [0.2, 0.25) is 5.91 Å². The van der Waals surface area contributed by atoms with Crippen LogP contribution in [0.3, 0.4) is 0 Å². The molecule has 0 fully saturated rings. The van der Waals surface area contributed by atoms with Crippen LogP contribution in [0.4, 0.5) is 4.79 Å². The number of ether oxygens (including phenoxy) is 1. The van der Waals surface area contributed by atoms with Gasteiger partial charge >= 0.3 is 6.09 Å². The fourth-order valence-electron chi connectivity index (χ4n) is 4.08. The number of carbonyl (C=O) groups excluding carboxylic acids is 2. The molecule has 1 atom stereocenters. The highest BCUT2D eigenvalue weighted by Crippen LogP contribution is 2.31. The van der Waals surface area contributed by atoms with E-state index in [0.29, 0.717) is 13.1 Å². The van der Waals surface area contributed by atoms with Crippen molar-refractivity contribution in [1.29, 1.82) is 0 Å². The molecule has 2 amide bonds. The number of hydrogen-bond acceptors (Lipinski definition) is 7. The van der Waals surface area contributed by atoms with Crippen molar-refractivity contribution >= 4 is 45.5 Å². The SMILES string of the molecule is CC(C)(C)OC(=O)NCC(C(=O)N1Cc2cn(Sc3ccc4ncsc4c3)nc2C1)c1ccccc1. The van der Waals surface area contributed by atoms with Crippen LogP contribution in [0.5, 0.6) is 0 Å². The van der Waals surface area contributed by atoms with E-state index < -0.39 is 17.6 Å². The molecule has 10 heteroatoms. The molecule has 0 spiro atoms. The van der Waals surface area contributed by atoms with E-state index >= 15 is 0 Å². The quantitative estimate of drug-likeness (QED) is 0.375. The normalized spacial score (nSPS) is 14.0. The molecule has 3 heterocycles. The summed E-state index contributed by atoms with van der Waals surface area (Å²) in [6.45, 7) is 6.50. The summed E-state index contributed by atoms with van der Waals surface area (Å²) in [5.41, 5.74) is 5.00. The third-order valence-electron chi connectivity index (χ3n) is 5.72. The second-order valence-corrected chi connectivity index (χ2v) is 11.5. The van der Waals surface area contributed by atoms with Gasteiger partial charge in [0.15, 0.2) is 0 Å². The molecule has 8 nitrogen and oxygen atoms in total. The number of nitrogens with one attached hydrogen (secondary N) is 1. The highest BCUT2D eigenvalue weighted by atomic mass is 32.2. The molecule has 0 radical (unpaired) electrons. The Morgan fingerprint density at radius 3 is 2.72 bits per heavy atom. The van der Waals surface area contributed by atoms with Gasteiger partial charge in [-0.1, -0.05) is 30.3 Å². The Balaban J connectivity index is 1.26. The van der Waals surface area contributed by atoms with Crippen LogP contribution in [0.15, 0.2) is 65.1 Å². The van der Waals surface area contributed by atoms with Gasteiger partial charge in [-0.2, -0.15) is 5.10 Å². The average Bonchev–Trinajstić information content (AvgIpc) is 3.53. The highest BCUT2D eigenvalue weighted by molar-refractivity contribution is 7.97. The first-order valence-corrected chi connectivity index (χ1v) is 13.3. The van der Waals surface area contributed by atoms with Crippen LogP contribution in [0, 0.1) is 0 Å². The summed E-state index contributed by atoms with van der Waals surface area (Å²) in [6.07, 6.45) is 1.45. The Hall–Kier alpha value is -3.37. The van der Waals surface area contributed by atoms with Crippen molar-refractivity contribution in [2.45, 2.75) is 50.3 Å². The van der Waals surface area contributed by atoms with Crippen molar-refractivity contribution in [3.05, 3.63) is 77.1 Å². The lowest BCUT2D eigenvalue weighted by Gasteiger charge is -2.25. The Labute approximate surface area is 217 Å². The minimum atomic E-state index is -0.607. The van der Waals surface area contributed by atoms with Gasteiger partial charge in [0.25, 0.3) is 0 Å². The molecule has 2 aromatic carbocycles. The third kappa shape index (κ3) is 5.55. The predicted octanol–water partition coefficient (Wildman–Crippen LogP) is 5.20. The molecule has 0 saturated carbocycles. The molecule has 1 unspecified atom stereocenters. The van der Waals surface area contributed by atoms with Crippen molar-refractivity contribution in [1.82, 2.24) is 24.4 Å². The molecule has 5 rings (SSSR count). The fourth-order valence-corrected chi connectivity index (χ4v) is 5.71.